The smallest absolute Gasteiger partial charge is 0.321 e. The van der Waals surface area contributed by atoms with Gasteiger partial charge in [-0.05, 0) is 81.4 Å². The van der Waals surface area contributed by atoms with Crippen LogP contribution in [-0.4, -0.2) is 115 Å². The van der Waals surface area contributed by atoms with Gasteiger partial charge in [0.15, 0.2) is 5.78 Å². The van der Waals surface area contributed by atoms with E-state index in [1.165, 1.54) is 51.6 Å². The average molecular weight is 598 g/mol. The fraction of sp³-hybridized carbons (Fsp3) is 0.455. The molecule has 3 aromatic rings. The molecule has 0 aliphatic carbocycles. The van der Waals surface area contributed by atoms with Gasteiger partial charge >= 0.3 is 6.03 Å². The number of piperidine rings is 1. The zero-order valence-electron chi connectivity index (χ0n) is 25.8. The molecule has 3 aliphatic rings. The minimum atomic E-state index is -0.145. The third-order valence-electron chi connectivity index (χ3n) is 9.08. The molecule has 0 spiro atoms. The Labute approximate surface area is 259 Å². The minimum absolute atomic E-state index is 0.00251. The second-order valence-corrected chi connectivity index (χ2v) is 12.0. The number of benzene rings is 2. The van der Waals surface area contributed by atoms with Gasteiger partial charge in [0.2, 0.25) is 5.95 Å². The molecule has 2 aromatic carbocycles. The number of nitrogens with one attached hydrogen (secondary N) is 2. The summed E-state index contributed by atoms with van der Waals surface area (Å²) < 4.78 is 0. The summed E-state index contributed by atoms with van der Waals surface area (Å²) in [6.07, 6.45) is 4.21. The van der Waals surface area contributed by atoms with E-state index < -0.39 is 0 Å². The lowest BCUT2D eigenvalue weighted by molar-refractivity contribution is 0.0982. The van der Waals surface area contributed by atoms with E-state index in [0.717, 1.165) is 24.6 Å². The van der Waals surface area contributed by atoms with Crippen LogP contribution in [0.15, 0.2) is 60.8 Å². The maximum Gasteiger partial charge on any atom is 0.321 e. The topological polar surface area (TPSA) is 100 Å². The molecule has 3 saturated heterocycles. The van der Waals surface area contributed by atoms with Gasteiger partial charge in [0, 0.05) is 100 Å². The zero-order chi connectivity index (χ0) is 30.5. The fourth-order valence-corrected chi connectivity index (χ4v) is 6.28. The van der Waals surface area contributed by atoms with Gasteiger partial charge in [-0.3, -0.25) is 9.69 Å². The Bertz CT molecular complexity index is 1410. The van der Waals surface area contributed by atoms with Crippen molar-refractivity contribution in [1.29, 1.82) is 0 Å². The number of amides is 2. The maximum atomic E-state index is 12.8. The summed E-state index contributed by atoms with van der Waals surface area (Å²) in [4.78, 5) is 45.1. The lowest BCUT2D eigenvalue weighted by atomic mass is 10.0. The minimum Gasteiger partial charge on any atom is -0.371 e. The first-order chi connectivity index (χ1) is 21.4. The largest absolute Gasteiger partial charge is 0.371 e. The van der Waals surface area contributed by atoms with E-state index in [0.29, 0.717) is 49.4 Å². The Hall–Kier alpha value is -4.22. The summed E-state index contributed by atoms with van der Waals surface area (Å²) in [6.45, 7) is 11.0. The molecule has 0 radical (unpaired) electrons. The highest BCUT2D eigenvalue weighted by Gasteiger charge is 2.27. The number of anilines is 5. The highest BCUT2D eigenvalue weighted by molar-refractivity contribution is 5.95. The van der Waals surface area contributed by atoms with Gasteiger partial charge < -0.3 is 30.2 Å². The number of piperazine rings is 2. The molecule has 3 aliphatic heterocycles. The van der Waals surface area contributed by atoms with Crippen molar-refractivity contribution >= 4 is 40.6 Å². The van der Waals surface area contributed by atoms with E-state index in [2.05, 4.69) is 66.5 Å². The summed E-state index contributed by atoms with van der Waals surface area (Å²) in [5, 5.41) is 6.28. The number of hydrogen-bond donors (Lipinski definition) is 2. The lowest BCUT2D eigenvalue weighted by Crippen LogP contribution is -2.52. The number of rotatable bonds is 7. The van der Waals surface area contributed by atoms with Crippen LogP contribution in [0.2, 0.25) is 0 Å². The summed E-state index contributed by atoms with van der Waals surface area (Å²) in [5.41, 5.74) is 3.51. The molecule has 6 rings (SSSR count). The van der Waals surface area contributed by atoms with Crippen molar-refractivity contribution in [1.82, 2.24) is 24.7 Å². The average Bonchev–Trinajstić information content (AvgIpc) is 3.06. The second-order valence-electron chi connectivity index (χ2n) is 12.0. The first-order valence-electron chi connectivity index (χ1n) is 15.7. The molecule has 0 saturated carbocycles. The SMILES string of the molecule is CC(=O)c1ccc(NC(=O)N2CCN(c3ccnc(Nc4ccc(N5CCC(N6CCN(C)CC6)CC5)cc4)n3)CC2)cc1. The van der Waals surface area contributed by atoms with E-state index in [-0.39, 0.29) is 11.8 Å². The number of urea groups is 1. The van der Waals surface area contributed by atoms with Crippen molar-refractivity contribution in [2.45, 2.75) is 25.8 Å². The van der Waals surface area contributed by atoms with Gasteiger partial charge in [-0.15, -0.1) is 0 Å². The number of carbonyl (C=O) groups is 2. The molecule has 44 heavy (non-hydrogen) atoms. The molecule has 2 amide bonds. The van der Waals surface area contributed by atoms with E-state index in [1.807, 2.05) is 6.07 Å². The zero-order valence-corrected chi connectivity index (χ0v) is 25.8. The molecular formula is C33H43N9O2. The van der Waals surface area contributed by atoms with Gasteiger partial charge in [-0.1, -0.05) is 0 Å². The number of aromatic nitrogens is 2. The molecule has 1 aromatic heterocycles. The highest BCUT2D eigenvalue weighted by Crippen LogP contribution is 2.26. The molecular weight excluding hydrogens is 554 g/mol. The van der Waals surface area contributed by atoms with Gasteiger partial charge in [0.05, 0.1) is 0 Å². The van der Waals surface area contributed by atoms with Crippen molar-refractivity contribution < 1.29 is 9.59 Å². The normalized spacial score (nSPS) is 18.7. The number of likely N-dealkylation sites (N-methyl/N-ethyl adjacent to an activating group) is 1. The predicted octanol–water partition coefficient (Wildman–Crippen LogP) is 3.99. The highest BCUT2D eigenvalue weighted by atomic mass is 16.2. The van der Waals surface area contributed by atoms with E-state index >= 15 is 0 Å². The van der Waals surface area contributed by atoms with Crippen LogP contribution in [0.4, 0.5) is 33.6 Å². The van der Waals surface area contributed by atoms with Gasteiger partial charge in [0.25, 0.3) is 0 Å². The summed E-state index contributed by atoms with van der Waals surface area (Å²) in [7, 11) is 2.22. The molecule has 232 valence electrons. The van der Waals surface area contributed by atoms with E-state index in [9.17, 15) is 9.59 Å². The monoisotopic (exact) mass is 597 g/mol. The Morgan fingerprint density at radius 3 is 2.07 bits per heavy atom. The van der Waals surface area contributed by atoms with E-state index in [1.54, 1.807) is 35.4 Å². The van der Waals surface area contributed by atoms with Gasteiger partial charge in [-0.25, -0.2) is 9.78 Å². The van der Waals surface area contributed by atoms with Crippen LogP contribution in [0.25, 0.3) is 0 Å². The van der Waals surface area contributed by atoms with Crippen LogP contribution in [0.5, 0.6) is 0 Å². The maximum absolute atomic E-state index is 12.8. The molecule has 11 heteroatoms. The van der Waals surface area contributed by atoms with Crippen LogP contribution >= 0.6 is 0 Å². The Balaban J connectivity index is 0.972. The molecule has 0 unspecified atom stereocenters. The van der Waals surface area contributed by atoms with E-state index in [4.69, 9.17) is 4.98 Å². The standard InChI is InChI=1S/C33H43N9O2/c1-25(43)26-3-5-28(6-4-26)36-33(44)42-23-21-41(22-24-42)31-11-14-34-32(37-31)35-27-7-9-29(10-8-27)39-15-12-30(13-16-39)40-19-17-38(2)18-20-40/h3-11,14,30H,12-13,15-24H2,1-2H3,(H,36,44)(H,34,35,37). The van der Waals surface area contributed by atoms with Crippen LogP contribution < -0.4 is 20.4 Å². The van der Waals surface area contributed by atoms with Crippen molar-refractivity contribution in [3.05, 3.63) is 66.4 Å². The van der Waals surface area contributed by atoms with Crippen molar-refractivity contribution in [3.8, 4) is 0 Å². The molecule has 0 bridgehead atoms. The van der Waals surface area contributed by atoms with Crippen LogP contribution in [0.3, 0.4) is 0 Å². The van der Waals surface area contributed by atoms with Crippen molar-refractivity contribution in [2.75, 3.05) is 92.9 Å². The lowest BCUT2D eigenvalue weighted by Gasteiger charge is -2.42. The molecule has 3 fully saturated rings. The fourth-order valence-electron chi connectivity index (χ4n) is 6.28. The second kappa shape index (κ2) is 13.6. The Kier molecular flexibility index (Phi) is 9.23. The summed E-state index contributed by atoms with van der Waals surface area (Å²) >= 11 is 0. The Morgan fingerprint density at radius 2 is 1.41 bits per heavy atom. The number of nitrogens with zero attached hydrogens (tertiary/aromatic N) is 7. The number of ketones is 1. The van der Waals surface area contributed by atoms with Crippen LogP contribution in [-0.2, 0) is 0 Å². The third kappa shape index (κ3) is 7.28. The number of Topliss-reactive ketones (excluding diaryl/α,β-unsaturated/α-hetero) is 1. The number of carbonyl (C=O) groups excluding carboxylic acids is 2. The molecule has 11 nitrogen and oxygen atoms in total. The third-order valence-corrected chi connectivity index (χ3v) is 9.08. The first kappa shape index (κ1) is 29.8. The summed E-state index contributed by atoms with van der Waals surface area (Å²) in [5.74, 6) is 1.39. The first-order valence-corrected chi connectivity index (χ1v) is 15.7. The van der Waals surface area contributed by atoms with Gasteiger partial charge in [-0.2, -0.15) is 4.98 Å². The Morgan fingerprint density at radius 1 is 0.750 bits per heavy atom. The van der Waals surface area contributed by atoms with Gasteiger partial charge in [0.1, 0.15) is 5.82 Å². The number of hydrogen-bond acceptors (Lipinski definition) is 9. The molecule has 4 heterocycles. The van der Waals surface area contributed by atoms with Crippen LogP contribution in [0.1, 0.15) is 30.1 Å². The van der Waals surface area contributed by atoms with Crippen molar-refractivity contribution in [3.63, 3.8) is 0 Å². The quantitative estimate of drug-likeness (QED) is 0.392. The van der Waals surface area contributed by atoms with Crippen molar-refractivity contribution in [2.24, 2.45) is 0 Å². The molecule has 0 atom stereocenters. The van der Waals surface area contributed by atoms with Crippen LogP contribution in [0, 0.1) is 0 Å². The summed E-state index contributed by atoms with van der Waals surface area (Å²) in [6, 6.07) is 18.0. The predicted molar refractivity (Wildman–Crippen MR) is 175 cm³/mol. The molecule has 2 N–H and O–H groups in total.